The minimum Gasteiger partial charge on any atom is -0.469 e. The first-order chi connectivity index (χ1) is 9.60. The summed E-state index contributed by atoms with van der Waals surface area (Å²) in [4.78, 5) is 11.4. The van der Waals surface area contributed by atoms with Crippen molar-refractivity contribution in [2.24, 2.45) is 5.92 Å². The molecule has 0 amide bonds. The SMILES string of the molecule is COC(=O)C1CCC(OCc2cc(Br)ccc2F)CC1. The number of esters is 1. The van der Waals surface area contributed by atoms with Crippen LogP contribution in [0, 0.1) is 11.7 Å². The average Bonchev–Trinajstić information content (AvgIpc) is 2.48. The van der Waals surface area contributed by atoms with E-state index in [1.54, 1.807) is 12.1 Å². The highest BCUT2D eigenvalue weighted by molar-refractivity contribution is 9.10. The summed E-state index contributed by atoms with van der Waals surface area (Å²) in [5, 5.41) is 0. The Hall–Kier alpha value is -0.940. The van der Waals surface area contributed by atoms with Gasteiger partial charge >= 0.3 is 5.97 Å². The second-order valence-electron chi connectivity index (χ2n) is 5.04. The fourth-order valence-corrected chi connectivity index (χ4v) is 2.90. The topological polar surface area (TPSA) is 35.5 Å². The van der Waals surface area contributed by atoms with Gasteiger partial charge in [-0.25, -0.2) is 4.39 Å². The van der Waals surface area contributed by atoms with Gasteiger partial charge in [0.2, 0.25) is 0 Å². The van der Waals surface area contributed by atoms with Crippen molar-refractivity contribution in [3.63, 3.8) is 0 Å². The molecule has 0 radical (unpaired) electrons. The van der Waals surface area contributed by atoms with Gasteiger partial charge in [0.1, 0.15) is 5.82 Å². The van der Waals surface area contributed by atoms with E-state index in [2.05, 4.69) is 15.9 Å². The smallest absolute Gasteiger partial charge is 0.308 e. The van der Waals surface area contributed by atoms with Crippen molar-refractivity contribution < 1.29 is 18.7 Å². The number of hydrogen-bond acceptors (Lipinski definition) is 3. The molecule has 5 heteroatoms. The minimum absolute atomic E-state index is 0.0116. The van der Waals surface area contributed by atoms with Gasteiger partial charge < -0.3 is 9.47 Å². The lowest BCUT2D eigenvalue weighted by Crippen LogP contribution is -2.27. The molecule has 2 rings (SSSR count). The number of hydrogen-bond donors (Lipinski definition) is 0. The van der Waals surface area contributed by atoms with Gasteiger partial charge in [0.15, 0.2) is 0 Å². The zero-order chi connectivity index (χ0) is 14.5. The molecule has 110 valence electrons. The van der Waals surface area contributed by atoms with Crippen LogP contribution in [0.2, 0.25) is 0 Å². The molecule has 1 aromatic rings. The number of carbonyl (C=O) groups is 1. The maximum Gasteiger partial charge on any atom is 0.308 e. The van der Waals surface area contributed by atoms with E-state index in [-0.39, 0.29) is 30.4 Å². The maximum absolute atomic E-state index is 13.6. The largest absolute Gasteiger partial charge is 0.469 e. The van der Waals surface area contributed by atoms with Gasteiger partial charge in [0.05, 0.1) is 25.7 Å². The van der Waals surface area contributed by atoms with Gasteiger partial charge in [-0.05, 0) is 43.9 Å². The first kappa shape index (κ1) is 15.4. The second kappa shape index (κ2) is 7.18. The summed E-state index contributed by atoms with van der Waals surface area (Å²) in [5.74, 6) is -0.402. The molecule has 3 nitrogen and oxygen atoms in total. The molecule has 0 aliphatic heterocycles. The van der Waals surface area contributed by atoms with Crippen LogP contribution in [0.1, 0.15) is 31.2 Å². The summed E-state index contributed by atoms with van der Waals surface area (Å²) < 4.78 is 24.9. The van der Waals surface area contributed by atoms with E-state index in [0.29, 0.717) is 5.56 Å². The van der Waals surface area contributed by atoms with Crippen LogP contribution in [0.3, 0.4) is 0 Å². The van der Waals surface area contributed by atoms with Crippen molar-refractivity contribution in [2.45, 2.75) is 38.4 Å². The summed E-state index contributed by atoms with van der Waals surface area (Å²) in [7, 11) is 1.42. The highest BCUT2D eigenvalue weighted by Gasteiger charge is 2.27. The van der Waals surface area contributed by atoms with Crippen LogP contribution >= 0.6 is 15.9 Å². The van der Waals surface area contributed by atoms with Crippen molar-refractivity contribution in [3.05, 3.63) is 34.1 Å². The first-order valence-electron chi connectivity index (χ1n) is 6.73. The summed E-state index contributed by atoms with van der Waals surface area (Å²) in [6.45, 7) is 0.263. The zero-order valence-corrected chi connectivity index (χ0v) is 13.0. The third kappa shape index (κ3) is 4.03. The molecule has 0 atom stereocenters. The molecule has 0 spiro atoms. The van der Waals surface area contributed by atoms with E-state index >= 15 is 0 Å². The molecule has 20 heavy (non-hydrogen) atoms. The Morgan fingerprint density at radius 3 is 2.70 bits per heavy atom. The van der Waals surface area contributed by atoms with Crippen LogP contribution in [0.25, 0.3) is 0 Å². The van der Waals surface area contributed by atoms with Gasteiger partial charge in [-0.15, -0.1) is 0 Å². The van der Waals surface area contributed by atoms with Crippen molar-refractivity contribution in [3.8, 4) is 0 Å². The number of ether oxygens (including phenoxy) is 2. The van der Waals surface area contributed by atoms with Crippen LogP contribution in [-0.2, 0) is 20.9 Å². The van der Waals surface area contributed by atoms with Crippen molar-refractivity contribution in [1.29, 1.82) is 0 Å². The van der Waals surface area contributed by atoms with Crippen LogP contribution in [0.15, 0.2) is 22.7 Å². The maximum atomic E-state index is 13.6. The summed E-state index contributed by atoms with van der Waals surface area (Å²) >= 11 is 3.32. The molecular formula is C15H18BrFO3. The van der Waals surface area contributed by atoms with E-state index < -0.39 is 0 Å². The molecule has 0 saturated heterocycles. The van der Waals surface area contributed by atoms with Crippen LogP contribution < -0.4 is 0 Å². The third-order valence-electron chi connectivity index (χ3n) is 3.69. The van der Waals surface area contributed by atoms with E-state index in [1.165, 1.54) is 13.2 Å². The fourth-order valence-electron chi connectivity index (χ4n) is 2.49. The summed E-state index contributed by atoms with van der Waals surface area (Å²) in [5.41, 5.74) is 0.550. The number of carbonyl (C=O) groups excluding carboxylic acids is 1. The van der Waals surface area contributed by atoms with Crippen LogP contribution in [-0.4, -0.2) is 19.2 Å². The monoisotopic (exact) mass is 344 g/mol. The third-order valence-corrected chi connectivity index (χ3v) is 4.18. The number of methoxy groups -OCH3 is 1. The molecule has 1 saturated carbocycles. The molecule has 1 aliphatic carbocycles. The van der Waals surface area contributed by atoms with Crippen LogP contribution in [0.4, 0.5) is 4.39 Å². The highest BCUT2D eigenvalue weighted by Crippen LogP contribution is 2.28. The van der Waals surface area contributed by atoms with Crippen molar-refractivity contribution in [2.75, 3.05) is 7.11 Å². The zero-order valence-electron chi connectivity index (χ0n) is 11.4. The molecule has 0 bridgehead atoms. The Bertz CT molecular complexity index is 470. The Morgan fingerprint density at radius 1 is 1.35 bits per heavy atom. The predicted molar refractivity (Wildman–Crippen MR) is 76.7 cm³/mol. The van der Waals surface area contributed by atoms with E-state index in [1.807, 2.05) is 0 Å². The number of rotatable bonds is 4. The molecule has 0 heterocycles. The molecule has 0 unspecified atom stereocenters. The summed E-state index contributed by atoms with van der Waals surface area (Å²) in [6.07, 6.45) is 3.27. The molecule has 1 fully saturated rings. The van der Waals surface area contributed by atoms with Gasteiger partial charge in [-0.2, -0.15) is 0 Å². The normalized spacial score (nSPS) is 22.6. The average molecular weight is 345 g/mol. The molecule has 0 N–H and O–H groups in total. The lowest BCUT2D eigenvalue weighted by atomic mass is 9.87. The highest BCUT2D eigenvalue weighted by atomic mass is 79.9. The molecule has 1 aliphatic rings. The van der Waals surface area contributed by atoms with Crippen molar-refractivity contribution in [1.82, 2.24) is 0 Å². The first-order valence-corrected chi connectivity index (χ1v) is 7.53. The standard InChI is InChI=1S/C15H18BrFO3/c1-19-15(18)10-2-5-13(6-3-10)20-9-11-8-12(16)4-7-14(11)17/h4,7-8,10,13H,2-3,5-6,9H2,1H3. The number of halogens is 2. The lowest BCUT2D eigenvalue weighted by Gasteiger charge is -2.27. The quantitative estimate of drug-likeness (QED) is 0.778. The minimum atomic E-state index is -0.253. The number of benzene rings is 1. The van der Waals surface area contributed by atoms with Gasteiger partial charge in [-0.1, -0.05) is 15.9 Å². The summed E-state index contributed by atoms with van der Waals surface area (Å²) in [6, 6.07) is 4.83. The predicted octanol–water partition coefficient (Wildman–Crippen LogP) is 3.84. The Balaban J connectivity index is 1.81. The molecule has 0 aromatic heterocycles. The van der Waals surface area contributed by atoms with E-state index in [4.69, 9.17) is 9.47 Å². The molecule has 1 aromatic carbocycles. The Labute approximate surface area is 126 Å². The van der Waals surface area contributed by atoms with Crippen molar-refractivity contribution >= 4 is 21.9 Å². The van der Waals surface area contributed by atoms with Gasteiger partial charge in [-0.3, -0.25) is 4.79 Å². The van der Waals surface area contributed by atoms with E-state index in [9.17, 15) is 9.18 Å². The van der Waals surface area contributed by atoms with Crippen LogP contribution in [0.5, 0.6) is 0 Å². The lowest BCUT2D eigenvalue weighted by molar-refractivity contribution is -0.147. The van der Waals surface area contributed by atoms with E-state index in [0.717, 1.165) is 30.2 Å². The second-order valence-corrected chi connectivity index (χ2v) is 5.96. The fraction of sp³-hybridized carbons (Fsp3) is 0.533. The Kier molecular flexibility index (Phi) is 5.54. The molecular weight excluding hydrogens is 327 g/mol. The van der Waals surface area contributed by atoms with Gasteiger partial charge in [0.25, 0.3) is 0 Å². The Morgan fingerprint density at radius 2 is 2.05 bits per heavy atom. The van der Waals surface area contributed by atoms with Gasteiger partial charge in [0, 0.05) is 10.0 Å².